The van der Waals surface area contributed by atoms with Gasteiger partial charge in [0, 0.05) is 26.2 Å². The molecule has 2 saturated heterocycles. The maximum absolute atomic E-state index is 5.19. The second-order valence-electron chi connectivity index (χ2n) is 5.19. The molecule has 0 saturated carbocycles. The highest BCUT2D eigenvalue weighted by Gasteiger charge is 2.26. The van der Waals surface area contributed by atoms with Crippen LogP contribution in [0.25, 0.3) is 0 Å². The maximum atomic E-state index is 5.19. The first-order valence-corrected chi connectivity index (χ1v) is 6.85. The van der Waals surface area contributed by atoms with Gasteiger partial charge in [-0.1, -0.05) is 6.42 Å². The van der Waals surface area contributed by atoms with Crippen LogP contribution in [0.5, 0.6) is 0 Å². The number of hydrogen-bond donors (Lipinski definition) is 0. The summed E-state index contributed by atoms with van der Waals surface area (Å²) in [5.41, 5.74) is 0. The van der Waals surface area contributed by atoms with Gasteiger partial charge in [0.05, 0.1) is 6.61 Å². The van der Waals surface area contributed by atoms with Crippen LogP contribution in [0, 0.1) is 0 Å². The van der Waals surface area contributed by atoms with Crippen molar-refractivity contribution < 1.29 is 4.74 Å². The highest BCUT2D eigenvalue weighted by molar-refractivity contribution is 4.82. The Kier molecular flexibility index (Phi) is 5.07. The van der Waals surface area contributed by atoms with Gasteiger partial charge in [-0.05, 0) is 45.3 Å². The predicted octanol–water partition coefficient (Wildman–Crippen LogP) is 1.58. The molecule has 3 heteroatoms. The highest BCUT2D eigenvalue weighted by atomic mass is 16.5. The summed E-state index contributed by atoms with van der Waals surface area (Å²) in [6, 6.07) is 0.799. The molecular weight excluding hydrogens is 200 g/mol. The van der Waals surface area contributed by atoms with E-state index in [1.165, 1.54) is 58.3 Å². The van der Waals surface area contributed by atoms with Gasteiger partial charge in [-0.2, -0.15) is 0 Å². The topological polar surface area (TPSA) is 15.7 Å². The summed E-state index contributed by atoms with van der Waals surface area (Å²) >= 11 is 0. The Morgan fingerprint density at radius 1 is 1.06 bits per heavy atom. The van der Waals surface area contributed by atoms with E-state index in [2.05, 4.69) is 9.80 Å². The minimum Gasteiger partial charge on any atom is -0.383 e. The first kappa shape index (κ1) is 12.3. The molecule has 2 aliphatic rings. The van der Waals surface area contributed by atoms with E-state index in [1.807, 2.05) is 0 Å². The fraction of sp³-hybridized carbons (Fsp3) is 1.00. The lowest BCUT2D eigenvalue weighted by molar-refractivity contribution is 0.115. The maximum Gasteiger partial charge on any atom is 0.0589 e. The molecular formula is C13H26N2O. The average Bonchev–Trinajstić information content (AvgIpc) is 2.75. The Labute approximate surface area is 99.7 Å². The van der Waals surface area contributed by atoms with Crippen molar-refractivity contribution in [2.45, 2.75) is 38.1 Å². The molecule has 2 fully saturated rings. The van der Waals surface area contributed by atoms with Gasteiger partial charge >= 0.3 is 0 Å². The van der Waals surface area contributed by atoms with Gasteiger partial charge < -0.3 is 9.64 Å². The third-order valence-electron chi connectivity index (χ3n) is 4.00. The second kappa shape index (κ2) is 6.58. The van der Waals surface area contributed by atoms with E-state index in [-0.39, 0.29) is 0 Å². The molecule has 2 heterocycles. The number of nitrogens with zero attached hydrogens (tertiary/aromatic N) is 2. The van der Waals surface area contributed by atoms with Gasteiger partial charge in [0.1, 0.15) is 0 Å². The van der Waals surface area contributed by atoms with Crippen LogP contribution in [0.3, 0.4) is 0 Å². The minimum atomic E-state index is 0.799. The van der Waals surface area contributed by atoms with Gasteiger partial charge in [0.25, 0.3) is 0 Å². The van der Waals surface area contributed by atoms with Crippen LogP contribution >= 0.6 is 0 Å². The summed E-state index contributed by atoms with van der Waals surface area (Å²) in [5.74, 6) is 0. The van der Waals surface area contributed by atoms with Crippen LogP contribution in [0.2, 0.25) is 0 Å². The van der Waals surface area contributed by atoms with Crippen LogP contribution in [-0.4, -0.2) is 62.3 Å². The monoisotopic (exact) mass is 226 g/mol. The van der Waals surface area contributed by atoms with Crippen molar-refractivity contribution in [1.29, 1.82) is 0 Å². The van der Waals surface area contributed by atoms with E-state index in [4.69, 9.17) is 4.74 Å². The lowest BCUT2D eigenvalue weighted by Crippen LogP contribution is -2.43. The van der Waals surface area contributed by atoms with Crippen LogP contribution in [0.15, 0.2) is 0 Å². The van der Waals surface area contributed by atoms with Gasteiger partial charge in [-0.15, -0.1) is 0 Å². The Bertz CT molecular complexity index is 192. The van der Waals surface area contributed by atoms with Gasteiger partial charge in [0.15, 0.2) is 0 Å². The van der Waals surface area contributed by atoms with E-state index in [9.17, 15) is 0 Å². The molecule has 2 aliphatic heterocycles. The molecule has 0 amide bonds. The zero-order chi connectivity index (χ0) is 11.2. The van der Waals surface area contributed by atoms with Crippen LogP contribution < -0.4 is 0 Å². The average molecular weight is 226 g/mol. The molecule has 16 heavy (non-hydrogen) atoms. The molecule has 1 atom stereocenters. The van der Waals surface area contributed by atoms with Crippen molar-refractivity contribution in [3.05, 3.63) is 0 Å². The molecule has 0 bridgehead atoms. The number of likely N-dealkylation sites (tertiary alicyclic amines) is 2. The van der Waals surface area contributed by atoms with E-state index in [0.29, 0.717) is 0 Å². The zero-order valence-electron chi connectivity index (χ0n) is 10.7. The summed E-state index contributed by atoms with van der Waals surface area (Å²) in [7, 11) is 1.80. The summed E-state index contributed by atoms with van der Waals surface area (Å²) in [6.45, 7) is 7.24. The molecule has 2 rings (SSSR count). The number of hydrogen-bond acceptors (Lipinski definition) is 3. The summed E-state index contributed by atoms with van der Waals surface area (Å²) in [4.78, 5) is 5.29. The minimum absolute atomic E-state index is 0.799. The molecule has 1 unspecified atom stereocenters. The highest BCUT2D eigenvalue weighted by Crippen LogP contribution is 2.19. The Morgan fingerprint density at radius 2 is 1.88 bits per heavy atom. The van der Waals surface area contributed by atoms with Crippen molar-refractivity contribution in [2.75, 3.05) is 46.4 Å². The molecule has 94 valence electrons. The fourth-order valence-electron chi connectivity index (χ4n) is 3.04. The van der Waals surface area contributed by atoms with Crippen molar-refractivity contribution in [2.24, 2.45) is 0 Å². The SMILES string of the molecule is COCCN1CCCC1CN1CCCCC1. The third kappa shape index (κ3) is 3.44. The van der Waals surface area contributed by atoms with Gasteiger partial charge in [-0.3, -0.25) is 4.90 Å². The smallest absolute Gasteiger partial charge is 0.0589 e. The molecule has 3 nitrogen and oxygen atoms in total. The van der Waals surface area contributed by atoms with E-state index >= 15 is 0 Å². The quantitative estimate of drug-likeness (QED) is 0.708. The molecule has 0 aromatic rings. The van der Waals surface area contributed by atoms with E-state index in [1.54, 1.807) is 7.11 Å². The summed E-state index contributed by atoms with van der Waals surface area (Å²) < 4.78 is 5.19. The number of piperidine rings is 1. The molecule has 0 N–H and O–H groups in total. The van der Waals surface area contributed by atoms with E-state index < -0.39 is 0 Å². The lowest BCUT2D eigenvalue weighted by Gasteiger charge is -2.32. The number of rotatable bonds is 5. The predicted molar refractivity (Wildman–Crippen MR) is 66.8 cm³/mol. The van der Waals surface area contributed by atoms with Crippen LogP contribution in [-0.2, 0) is 4.74 Å². The normalized spacial score (nSPS) is 28.7. The number of methoxy groups -OCH3 is 1. The zero-order valence-corrected chi connectivity index (χ0v) is 10.7. The Hall–Kier alpha value is -0.120. The number of ether oxygens (including phenoxy) is 1. The van der Waals surface area contributed by atoms with E-state index in [0.717, 1.165) is 19.2 Å². The van der Waals surface area contributed by atoms with Crippen molar-refractivity contribution in [3.8, 4) is 0 Å². The van der Waals surface area contributed by atoms with Crippen molar-refractivity contribution in [1.82, 2.24) is 9.80 Å². The molecule has 0 spiro atoms. The van der Waals surface area contributed by atoms with Crippen molar-refractivity contribution in [3.63, 3.8) is 0 Å². The van der Waals surface area contributed by atoms with Crippen molar-refractivity contribution >= 4 is 0 Å². The second-order valence-corrected chi connectivity index (χ2v) is 5.19. The summed E-state index contributed by atoms with van der Waals surface area (Å²) in [5, 5.41) is 0. The molecule has 0 radical (unpaired) electrons. The van der Waals surface area contributed by atoms with Crippen LogP contribution in [0.4, 0.5) is 0 Å². The van der Waals surface area contributed by atoms with Gasteiger partial charge in [0.2, 0.25) is 0 Å². The third-order valence-corrected chi connectivity index (χ3v) is 4.00. The molecule has 0 aromatic carbocycles. The Morgan fingerprint density at radius 3 is 2.62 bits per heavy atom. The molecule has 0 aromatic heterocycles. The largest absolute Gasteiger partial charge is 0.383 e. The standard InChI is InChI=1S/C13H26N2O/c1-16-11-10-15-9-5-6-13(15)12-14-7-3-2-4-8-14/h13H,2-12H2,1H3. The molecule has 0 aliphatic carbocycles. The lowest BCUT2D eigenvalue weighted by atomic mass is 10.1. The summed E-state index contributed by atoms with van der Waals surface area (Å²) in [6.07, 6.45) is 7.02. The first-order valence-electron chi connectivity index (χ1n) is 6.85. The first-order chi connectivity index (χ1) is 7.90. The Balaban J connectivity index is 1.73. The fourth-order valence-corrected chi connectivity index (χ4v) is 3.04. The van der Waals surface area contributed by atoms with Gasteiger partial charge in [-0.25, -0.2) is 0 Å². The van der Waals surface area contributed by atoms with Crippen LogP contribution in [0.1, 0.15) is 32.1 Å².